The van der Waals surface area contributed by atoms with E-state index in [9.17, 15) is 17.6 Å². The van der Waals surface area contributed by atoms with Gasteiger partial charge >= 0.3 is 0 Å². The van der Waals surface area contributed by atoms with Gasteiger partial charge in [0.05, 0.1) is 17.9 Å². The van der Waals surface area contributed by atoms with E-state index < -0.39 is 28.8 Å². The number of pyridine rings is 1. The molecule has 0 fully saturated rings. The molecule has 7 heteroatoms. The first-order valence-corrected chi connectivity index (χ1v) is 7.51. The first kappa shape index (κ1) is 17.9. The number of rotatable bonds is 2. The zero-order chi connectivity index (χ0) is 18.0. The second kappa shape index (κ2) is 6.98. The maximum absolute atomic E-state index is 13.8. The summed E-state index contributed by atoms with van der Waals surface area (Å²) in [6, 6.07) is 2.85. The van der Waals surface area contributed by atoms with Crippen molar-refractivity contribution < 1.29 is 17.6 Å². The van der Waals surface area contributed by atoms with Crippen molar-refractivity contribution >= 4 is 11.0 Å². The second-order valence-electron chi connectivity index (χ2n) is 4.99. The number of benzene rings is 1. The van der Waals surface area contributed by atoms with Crippen molar-refractivity contribution in [3.05, 3.63) is 58.4 Å². The summed E-state index contributed by atoms with van der Waals surface area (Å²) in [6.07, 6.45) is 0. The van der Waals surface area contributed by atoms with Gasteiger partial charge in [-0.05, 0) is 32.0 Å². The summed E-state index contributed by atoms with van der Waals surface area (Å²) in [5.41, 5.74) is 0.458. The molecule has 128 valence electrons. The lowest BCUT2D eigenvalue weighted by molar-refractivity contribution is 0.471. The van der Waals surface area contributed by atoms with Crippen LogP contribution in [0.5, 0.6) is 0 Å². The molecule has 0 atom stereocenters. The maximum atomic E-state index is 13.8. The Morgan fingerprint density at radius 3 is 2.21 bits per heavy atom. The van der Waals surface area contributed by atoms with Gasteiger partial charge < -0.3 is 0 Å². The number of hydrogen-bond acceptors (Lipinski definition) is 2. The fourth-order valence-electron chi connectivity index (χ4n) is 2.29. The molecule has 0 saturated heterocycles. The van der Waals surface area contributed by atoms with E-state index in [0.29, 0.717) is 16.7 Å². The van der Waals surface area contributed by atoms with E-state index in [4.69, 9.17) is 0 Å². The molecule has 0 amide bonds. The van der Waals surface area contributed by atoms with Crippen LogP contribution < -0.4 is 0 Å². The number of halogens is 4. The van der Waals surface area contributed by atoms with Crippen LogP contribution in [0, 0.1) is 37.1 Å². The van der Waals surface area contributed by atoms with Crippen molar-refractivity contribution in [1.29, 1.82) is 0 Å². The van der Waals surface area contributed by atoms with Gasteiger partial charge in [0, 0.05) is 10.9 Å². The molecule has 0 aliphatic rings. The molecule has 2 aromatic heterocycles. The molecule has 0 saturated carbocycles. The van der Waals surface area contributed by atoms with Crippen molar-refractivity contribution in [2.75, 3.05) is 0 Å². The molecule has 0 spiro atoms. The largest absolute Gasteiger partial charge is 0.242 e. The summed E-state index contributed by atoms with van der Waals surface area (Å²) in [5, 5.41) is 4.56. The molecule has 3 aromatic rings. The minimum Gasteiger partial charge on any atom is -0.242 e. The summed E-state index contributed by atoms with van der Waals surface area (Å²) in [5.74, 6) is -3.77. The van der Waals surface area contributed by atoms with E-state index in [1.165, 1.54) is 17.7 Å². The lowest BCUT2D eigenvalue weighted by atomic mass is 10.2. The third-order valence-electron chi connectivity index (χ3n) is 3.48. The predicted octanol–water partition coefficient (Wildman–Crippen LogP) is 4.68. The van der Waals surface area contributed by atoms with Crippen molar-refractivity contribution in [2.24, 2.45) is 0 Å². The highest BCUT2D eigenvalue weighted by Gasteiger charge is 2.18. The van der Waals surface area contributed by atoms with Crippen LogP contribution in [0.25, 0.3) is 11.0 Å². The first-order chi connectivity index (χ1) is 11.4. The Hall–Kier alpha value is -2.44. The van der Waals surface area contributed by atoms with E-state index in [2.05, 4.69) is 10.1 Å². The quantitative estimate of drug-likeness (QED) is 0.501. The minimum atomic E-state index is -1.26. The van der Waals surface area contributed by atoms with Crippen LogP contribution in [0.3, 0.4) is 0 Å². The summed E-state index contributed by atoms with van der Waals surface area (Å²) >= 11 is 0. The SMILES string of the molecule is CC.Cc1nc2c(cc1F)c(C)nn2Cc1c(F)ccc(F)c1F. The fraction of sp³-hybridized carbons (Fsp3) is 0.294. The summed E-state index contributed by atoms with van der Waals surface area (Å²) in [6.45, 7) is 6.77. The van der Waals surface area contributed by atoms with Gasteiger partial charge in [-0.15, -0.1) is 0 Å². The molecular formula is C17H17F4N3. The molecule has 0 aliphatic carbocycles. The lowest BCUT2D eigenvalue weighted by Crippen LogP contribution is -2.08. The van der Waals surface area contributed by atoms with Gasteiger partial charge in [0.2, 0.25) is 0 Å². The monoisotopic (exact) mass is 339 g/mol. The molecule has 3 nitrogen and oxygen atoms in total. The van der Waals surface area contributed by atoms with Crippen molar-refractivity contribution in [3.63, 3.8) is 0 Å². The number of fused-ring (bicyclic) bond motifs is 1. The second-order valence-corrected chi connectivity index (χ2v) is 4.99. The van der Waals surface area contributed by atoms with Gasteiger partial charge in [0.15, 0.2) is 17.3 Å². The topological polar surface area (TPSA) is 30.7 Å². The molecule has 1 aromatic carbocycles. The number of nitrogens with zero attached hydrogens (tertiary/aromatic N) is 3. The summed E-state index contributed by atoms with van der Waals surface area (Å²) < 4.78 is 55.6. The highest BCUT2D eigenvalue weighted by atomic mass is 19.2. The van der Waals surface area contributed by atoms with Crippen LogP contribution in [0.4, 0.5) is 17.6 Å². The van der Waals surface area contributed by atoms with E-state index in [-0.39, 0.29) is 12.2 Å². The number of aromatic nitrogens is 3. The average Bonchev–Trinajstić information content (AvgIpc) is 2.86. The van der Waals surface area contributed by atoms with Gasteiger partial charge in [0.25, 0.3) is 0 Å². The Kier molecular flexibility index (Phi) is 5.21. The van der Waals surface area contributed by atoms with E-state index in [1.54, 1.807) is 6.92 Å². The lowest BCUT2D eigenvalue weighted by Gasteiger charge is -2.07. The Morgan fingerprint density at radius 2 is 1.54 bits per heavy atom. The van der Waals surface area contributed by atoms with Crippen LogP contribution in [-0.4, -0.2) is 14.8 Å². The van der Waals surface area contributed by atoms with E-state index in [1.807, 2.05) is 13.8 Å². The minimum absolute atomic E-state index is 0.147. The Balaban J connectivity index is 0.00000100. The maximum Gasteiger partial charge on any atom is 0.166 e. The van der Waals surface area contributed by atoms with Crippen molar-refractivity contribution in [2.45, 2.75) is 34.2 Å². The number of aryl methyl sites for hydroxylation is 2. The third kappa shape index (κ3) is 3.11. The molecule has 0 bridgehead atoms. The predicted molar refractivity (Wildman–Crippen MR) is 83.7 cm³/mol. The van der Waals surface area contributed by atoms with Crippen LogP contribution in [0.1, 0.15) is 30.8 Å². The molecule has 3 rings (SSSR count). The zero-order valence-electron chi connectivity index (χ0n) is 13.8. The third-order valence-corrected chi connectivity index (χ3v) is 3.48. The van der Waals surface area contributed by atoms with Gasteiger partial charge in [-0.2, -0.15) is 5.10 Å². The van der Waals surface area contributed by atoms with Crippen LogP contribution in [0.2, 0.25) is 0 Å². The standard InChI is InChI=1S/C15H11F4N3.C2H6/c1-7-9-5-13(18)8(2)20-15(9)22(21-7)6-10-11(16)3-4-12(17)14(10)19;1-2/h3-5H,6H2,1-2H3;1-2H3. The Labute approximate surface area is 136 Å². The smallest absolute Gasteiger partial charge is 0.166 e. The highest BCUT2D eigenvalue weighted by Crippen LogP contribution is 2.22. The van der Waals surface area contributed by atoms with Crippen LogP contribution >= 0.6 is 0 Å². The first-order valence-electron chi connectivity index (χ1n) is 7.51. The number of hydrogen-bond donors (Lipinski definition) is 0. The van der Waals surface area contributed by atoms with Gasteiger partial charge in [-0.25, -0.2) is 27.2 Å². The van der Waals surface area contributed by atoms with E-state index >= 15 is 0 Å². The van der Waals surface area contributed by atoms with Gasteiger partial charge in [0.1, 0.15) is 11.6 Å². The molecule has 0 aliphatic heterocycles. The Bertz CT molecular complexity index is 887. The van der Waals surface area contributed by atoms with Gasteiger partial charge in [-0.3, -0.25) is 0 Å². The normalized spacial score (nSPS) is 10.7. The van der Waals surface area contributed by atoms with Crippen LogP contribution in [-0.2, 0) is 6.54 Å². The van der Waals surface area contributed by atoms with Crippen molar-refractivity contribution in [3.8, 4) is 0 Å². The van der Waals surface area contributed by atoms with Gasteiger partial charge in [-0.1, -0.05) is 13.8 Å². The summed E-state index contributed by atoms with van der Waals surface area (Å²) in [7, 11) is 0. The zero-order valence-corrected chi connectivity index (χ0v) is 13.8. The fourth-order valence-corrected chi connectivity index (χ4v) is 2.29. The molecule has 0 unspecified atom stereocenters. The Morgan fingerprint density at radius 1 is 0.917 bits per heavy atom. The van der Waals surface area contributed by atoms with Crippen LogP contribution in [0.15, 0.2) is 18.2 Å². The summed E-state index contributed by atoms with van der Waals surface area (Å²) in [4.78, 5) is 4.06. The van der Waals surface area contributed by atoms with E-state index in [0.717, 1.165) is 12.1 Å². The molecular weight excluding hydrogens is 322 g/mol. The highest BCUT2D eigenvalue weighted by molar-refractivity contribution is 5.78. The van der Waals surface area contributed by atoms with Crippen molar-refractivity contribution in [1.82, 2.24) is 14.8 Å². The molecule has 0 radical (unpaired) electrons. The molecule has 2 heterocycles. The molecule has 0 N–H and O–H groups in total. The average molecular weight is 339 g/mol. The molecule has 24 heavy (non-hydrogen) atoms.